The summed E-state index contributed by atoms with van der Waals surface area (Å²) < 4.78 is 1.82. The van der Waals surface area contributed by atoms with Crippen LogP contribution >= 0.6 is 0 Å². The molecule has 2 aromatic rings. The summed E-state index contributed by atoms with van der Waals surface area (Å²) in [7, 11) is 0. The van der Waals surface area contributed by atoms with Gasteiger partial charge in [0.2, 0.25) is 0 Å². The minimum atomic E-state index is 0.774. The second-order valence-corrected chi connectivity index (χ2v) is 3.26. The lowest BCUT2D eigenvalue weighted by atomic mass is 10.2. The SMILES string of the molecule is C/C=C/Cn1cc(-c2ccccc2)nn1. The maximum absolute atomic E-state index is 4.12. The van der Waals surface area contributed by atoms with Gasteiger partial charge in [-0.05, 0) is 6.92 Å². The van der Waals surface area contributed by atoms with Gasteiger partial charge in [0.1, 0.15) is 5.69 Å². The zero-order valence-electron chi connectivity index (χ0n) is 8.67. The number of benzene rings is 1. The second kappa shape index (κ2) is 4.55. The van der Waals surface area contributed by atoms with Crippen LogP contribution in [0.2, 0.25) is 0 Å². The molecular weight excluding hydrogens is 186 g/mol. The van der Waals surface area contributed by atoms with Crippen LogP contribution in [0, 0.1) is 0 Å². The highest BCUT2D eigenvalue weighted by Gasteiger charge is 2.01. The third-order valence-electron chi connectivity index (χ3n) is 2.14. The first-order valence-electron chi connectivity index (χ1n) is 4.97. The first-order valence-corrected chi connectivity index (χ1v) is 4.97. The lowest BCUT2D eigenvalue weighted by Gasteiger charge is -1.93. The Morgan fingerprint density at radius 2 is 2.07 bits per heavy atom. The maximum Gasteiger partial charge on any atom is 0.113 e. The molecule has 1 aromatic carbocycles. The van der Waals surface area contributed by atoms with E-state index in [0.29, 0.717) is 0 Å². The molecule has 0 atom stereocenters. The molecule has 0 aliphatic rings. The van der Waals surface area contributed by atoms with E-state index in [1.165, 1.54) is 0 Å². The third-order valence-corrected chi connectivity index (χ3v) is 2.14. The molecule has 0 saturated carbocycles. The van der Waals surface area contributed by atoms with E-state index in [1.54, 1.807) is 0 Å². The molecule has 0 spiro atoms. The van der Waals surface area contributed by atoms with Crippen LogP contribution < -0.4 is 0 Å². The largest absolute Gasteiger partial charge is 0.248 e. The summed E-state index contributed by atoms with van der Waals surface area (Å²) in [5, 5.41) is 8.16. The Hall–Kier alpha value is -1.90. The Morgan fingerprint density at radius 3 is 2.80 bits per heavy atom. The molecule has 3 heteroatoms. The van der Waals surface area contributed by atoms with E-state index in [-0.39, 0.29) is 0 Å². The van der Waals surface area contributed by atoms with Crippen LogP contribution in [0.15, 0.2) is 48.7 Å². The van der Waals surface area contributed by atoms with Crippen LogP contribution in [0.25, 0.3) is 11.3 Å². The highest BCUT2D eigenvalue weighted by molar-refractivity contribution is 5.57. The quantitative estimate of drug-likeness (QED) is 0.711. The number of hydrogen-bond acceptors (Lipinski definition) is 2. The van der Waals surface area contributed by atoms with Crippen molar-refractivity contribution >= 4 is 0 Å². The van der Waals surface area contributed by atoms with Gasteiger partial charge in [0.25, 0.3) is 0 Å². The van der Waals surface area contributed by atoms with Crippen molar-refractivity contribution in [3.63, 3.8) is 0 Å². The predicted octanol–water partition coefficient (Wildman–Crippen LogP) is 2.52. The Bertz CT molecular complexity index is 443. The van der Waals surface area contributed by atoms with Gasteiger partial charge in [-0.1, -0.05) is 47.7 Å². The Kier molecular flexibility index (Phi) is 2.93. The predicted molar refractivity (Wildman–Crippen MR) is 60.3 cm³/mol. The number of allylic oxidation sites excluding steroid dienone is 2. The minimum absolute atomic E-state index is 0.774. The Morgan fingerprint density at radius 1 is 1.27 bits per heavy atom. The van der Waals surface area contributed by atoms with Gasteiger partial charge in [-0.2, -0.15) is 0 Å². The fourth-order valence-corrected chi connectivity index (χ4v) is 1.34. The summed E-state index contributed by atoms with van der Waals surface area (Å²) in [5.41, 5.74) is 2.02. The van der Waals surface area contributed by atoms with E-state index in [4.69, 9.17) is 0 Å². The Balaban J connectivity index is 2.20. The van der Waals surface area contributed by atoms with Gasteiger partial charge in [-0.3, -0.25) is 0 Å². The van der Waals surface area contributed by atoms with Crippen LogP contribution in [0.3, 0.4) is 0 Å². The lowest BCUT2D eigenvalue weighted by Crippen LogP contribution is -1.94. The highest BCUT2D eigenvalue weighted by atomic mass is 15.4. The van der Waals surface area contributed by atoms with Gasteiger partial charge in [-0.25, -0.2) is 4.68 Å². The summed E-state index contributed by atoms with van der Waals surface area (Å²) in [4.78, 5) is 0. The van der Waals surface area contributed by atoms with Crippen molar-refractivity contribution < 1.29 is 0 Å². The summed E-state index contributed by atoms with van der Waals surface area (Å²) in [6.07, 6.45) is 6.00. The highest BCUT2D eigenvalue weighted by Crippen LogP contribution is 2.14. The number of rotatable bonds is 3. The van der Waals surface area contributed by atoms with Gasteiger partial charge < -0.3 is 0 Å². The first-order chi connectivity index (χ1) is 7.40. The van der Waals surface area contributed by atoms with Crippen LogP contribution in [-0.4, -0.2) is 15.0 Å². The zero-order chi connectivity index (χ0) is 10.5. The standard InChI is InChI=1S/C12H13N3/c1-2-3-9-15-10-12(13-14-15)11-7-5-4-6-8-11/h2-8,10H,9H2,1H3/b3-2+. The van der Waals surface area contributed by atoms with Crippen molar-refractivity contribution in [1.82, 2.24) is 15.0 Å². The molecule has 0 aliphatic heterocycles. The van der Waals surface area contributed by atoms with Crippen molar-refractivity contribution in [3.05, 3.63) is 48.7 Å². The van der Waals surface area contributed by atoms with E-state index in [1.807, 2.05) is 60.3 Å². The van der Waals surface area contributed by atoms with Gasteiger partial charge in [0.05, 0.1) is 12.7 Å². The fourth-order valence-electron chi connectivity index (χ4n) is 1.34. The van der Waals surface area contributed by atoms with Crippen LogP contribution in [0.5, 0.6) is 0 Å². The number of nitrogens with zero attached hydrogens (tertiary/aromatic N) is 3. The van der Waals surface area contributed by atoms with E-state index in [2.05, 4.69) is 10.3 Å². The van der Waals surface area contributed by atoms with Crippen molar-refractivity contribution in [3.8, 4) is 11.3 Å². The smallest absolute Gasteiger partial charge is 0.113 e. The third kappa shape index (κ3) is 2.31. The van der Waals surface area contributed by atoms with E-state index in [0.717, 1.165) is 17.8 Å². The molecule has 0 aliphatic carbocycles. The molecule has 76 valence electrons. The summed E-state index contributed by atoms with van der Waals surface area (Å²) in [5.74, 6) is 0. The van der Waals surface area contributed by atoms with Crippen LogP contribution in [0.4, 0.5) is 0 Å². The maximum atomic E-state index is 4.12. The van der Waals surface area contributed by atoms with E-state index < -0.39 is 0 Å². The van der Waals surface area contributed by atoms with Gasteiger partial charge in [0, 0.05) is 5.56 Å². The summed E-state index contributed by atoms with van der Waals surface area (Å²) in [6.45, 7) is 2.77. The first kappa shape index (κ1) is 9.65. The molecule has 15 heavy (non-hydrogen) atoms. The minimum Gasteiger partial charge on any atom is -0.248 e. The molecule has 2 rings (SSSR count). The van der Waals surface area contributed by atoms with E-state index in [9.17, 15) is 0 Å². The fraction of sp³-hybridized carbons (Fsp3) is 0.167. The van der Waals surface area contributed by atoms with Gasteiger partial charge >= 0.3 is 0 Å². The molecule has 0 radical (unpaired) electrons. The van der Waals surface area contributed by atoms with Crippen LogP contribution in [-0.2, 0) is 6.54 Å². The molecule has 0 fully saturated rings. The summed E-state index contributed by atoms with van der Waals surface area (Å²) in [6, 6.07) is 10.1. The van der Waals surface area contributed by atoms with Gasteiger partial charge in [-0.15, -0.1) is 5.10 Å². The van der Waals surface area contributed by atoms with Crippen molar-refractivity contribution in [1.29, 1.82) is 0 Å². The van der Waals surface area contributed by atoms with E-state index >= 15 is 0 Å². The zero-order valence-corrected chi connectivity index (χ0v) is 8.67. The average molecular weight is 199 g/mol. The molecule has 1 aromatic heterocycles. The molecule has 3 nitrogen and oxygen atoms in total. The molecule has 0 unspecified atom stereocenters. The molecule has 1 heterocycles. The average Bonchev–Trinajstić information content (AvgIpc) is 2.76. The molecule has 0 bridgehead atoms. The Labute approximate surface area is 89.1 Å². The number of hydrogen-bond donors (Lipinski definition) is 0. The van der Waals surface area contributed by atoms with Crippen LogP contribution in [0.1, 0.15) is 6.92 Å². The molecular formula is C12H13N3. The molecule has 0 saturated heterocycles. The van der Waals surface area contributed by atoms with Crippen molar-refractivity contribution in [2.24, 2.45) is 0 Å². The van der Waals surface area contributed by atoms with Crippen molar-refractivity contribution in [2.75, 3.05) is 0 Å². The van der Waals surface area contributed by atoms with Crippen molar-refractivity contribution in [2.45, 2.75) is 13.5 Å². The second-order valence-electron chi connectivity index (χ2n) is 3.26. The monoisotopic (exact) mass is 199 g/mol. The topological polar surface area (TPSA) is 30.7 Å². The molecule has 0 amide bonds. The summed E-state index contributed by atoms with van der Waals surface area (Å²) >= 11 is 0. The lowest BCUT2D eigenvalue weighted by molar-refractivity contribution is 0.661. The normalized spacial score (nSPS) is 11.0. The molecule has 0 N–H and O–H groups in total. The number of aromatic nitrogens is 3. The van der Waals surface area contributed by atoms with Gasteiger partial charge in [0.15, 0.2) is 0 Å².